The predicted molar refractivity (Wildman–Crippen MR) is 159 cm³/mol. The monoisotopic (exact) mass is 605 g/mol. The first-order valence-electron chi connectivity index (χ1n) is 13.7. The van der Waals surface area contributed by atoms with E-state index in [9.17, 15) is 19.2 Å². The number of benzene rings is 2. The predicted octanol–water partition coefficient (Wildman–Crippen LogP) is 3.40. The van der Waals surface area contributed by atoms with Crippen molar-refractivity contribution in [2.75, 3.05) is 19.6 Å². The van der Waals surface area contributed by atoms with Crippen molar-refractivity contribution < 1.29 is 23.9 Å². The highest BCUT2D eigenvalue weighted by Gasteiger charge is 2.46. The fourth-order valence-corrected chi connectivity index (χ4v) is 5.21. The fourth-order valence-electron chi connectivity index (χ4n) is 5.08. The molecule has 1 fully saturated rings. The number of nitrogens with one attached hydrogen (secondary N) is 2. The van der Waals surface area contributed by atoms with Crippen LogP contribution in [0.5, 0.6) is 5.75 Å². The summed E-state index contributed by atoms with van der Waals surface area (Å²) in [5.41, 5.74) is 6.01. The summed E-state index contributed by atoms with van der Waals surface area (Å²) >= 11 is 6.19. The highest BCUT2D eigenvalue weighted by atomic mass is 35.5. The SMILES string of the molecule is CC(C)(C)Oc1cc(C(=O)CC(N)=O)ccc1C1=NC(c2ccc(Cl)cc2)C(c2ncc[nH]2)N1C(=O)N1CCNC(=O)C1. The first kappa shape index (κ1) is 29.8. The largest absolute Gasteiger partial charge is 0.487 e. The van der Waals surface area contributed by atoms with Crippen LogP contribution in [0.1, 0.15) is 66.6 Å². The van der Waals surface area contributed by atoms with Gasteiger partial charge in [-0.3, -0.25) is 24.3 Å². The van der Waals surface area contributed by atoms with Crippen molar-refractivity contribution >= 4 is 41.1 Å². The number of ketones is 1. The van der Waals surface area contributed by atoms with Crippen LogP contribution in [0.25, 0.3) is 0 Å². The van der Waals surface area contributed by atoms with Gasteiger partial charge < -0.3 is 25.7 Å². The number of rotatable bonds is 7. The summed E-state index contributed by atoms with van der Waals surface area (Å²) in [5.74, 6) is -0.445. The maximum absolute atomic E-state index is 14.3. The summed E-state index contributed by atoms with van der Waals surface area (Å²) in [7, 11) is 0. The van der Waals surface area contributed by atoms with Crippen LogP contribution in [0.2, 0.25) is 5.02 Å². The molecule has 0 saturated carbocycles. The number of H-pyrrole nitrogens is 1. The summed E-state index contributed by atoms with van der Waals surface area (Å²) < 4.78 is 6.31. The molecule has 0 spiro atoms. The number of carbonyl (C=O) groups excluding carboxylic acids is 4. The number of aromatic amines is 1. The van der Waals surface area contributed by atoms with Crippen molar-refractivity contribution in [3.63, 3.8) is 0 Å². The van der Waals surface area contributed by atoms with Crippen LogP contribution < -0.4 is 15.8 Å². The van der Waals surface area contributed by atoms with E-state index in [1.54, 1.807) is 36.7 Å². The zero-order valence-electron chi connectivity index (χ0n) is 24.0. The van der Waals surface area contributed by atoms with Gasteiger partial charge in [0.05, 0.1) is 12.0 Å². The van der Waals surface area contributed by atoms with Crippen molar-refractivity contribution in [2.45, 2.75) is 44.9 Å². The first-order valence-corrected chi connectivity index (χ1v) is 14.1. The van der Waals surface area contributed by atoms with Gasteiger partial charge in [-0.05, 0) is 50.6 Å². The molecular formula is C30H32ClN7O5. The second kappa shape index (κ2) is 11.9. The van der Waals surface area contributed by atoms with Gasteiger partial charge in [-0.1, -0.05) is 29.8 Å². The number of nitrogens with zero attached hydrogens (tertiary/aromatic N) is 4. The minimum atomic E-state index is -0.748. The molecule has 2 unspecified atom stereocenters. The number of carbonyl (C=O) groups is 4. The van der Waals surface area contributed by atoms with Gasteiger partial charge in [0.1, 0.15) is 41.6 Å². The Morgan fingerprint density at radius 2 is 1.88 bits per heavy atom. The van der Waals surface area contributed by atoms with Crippen LogP contribution in [-0.4, -0.2) is 74.5 Å². The Bertz CT molecular complexity index is 1580. The minimum Gasteiger partial charge on any atom is -0.487 e. The molecule has 224 valence electrons. The summed E-state index contributed by atoms with van der Waals surface area (Å²) in [6.45, 7) is 6.04. The molecule has 3 aromatic rings. The zero-order valence-corrected chi connectivity index (χ0v) is 24.7. The molecule has 13 heteroatoms. The fraction of sp³-hybridized carbons (Fsp3) is 0.333. The Hall–Kier alpha value is -4.71. The molecule has 2 aromatic carbocycles. The molecular weight excluding hydrogens is 574 g/mol. The maximum Gasteiger partial charge on any atom is 0.326 e. The Balaban J connectivity index is 1.69. The topological polar surface area (TPSA) is 163 Å². The van der Waals surface area contributed by atoms with Crippen LogP contribution in [0.3, 0.4) is 0 Å². The summed E-state index contributed by atoms with van der Waals surface area (Å²) in [6, 6.07) is 10.1. The number of aromatic nitrogens is 2. The number of hydrogen-bond acceptors (Lipinski definition) is 7. The van der Waals surface area contributed by atoms with Gasteiger partial charge in [0, 0.05) is 36.1 Å². The second-order valence-electron chi connectivity index (χ2n) is 11.3. The van der Waals surface area contributed by atoms with Crippen molar-refractivity contribution in [1.29, 1.82) is 0 Å². The Morgan fingerprint density at radius 3 is 2.51 bits per heavy atom. The van der Waals surface area contributed by atoms with Gasteiger partial charge in [0.2, 0.25) is 11.8 Å². The lowest BCUT2D eigenvalue weighted by atomic mass is 9.99. The number of amidine groups is 1. The first-order chi connectivity index (χ1) is 20.4. The van der Waals surface area contributed by atoms with Crippen LogP contribution in [-0.2, 0) is 9.59 Å². The van der Waals surface area contributed by atoms with E-state index < -0.39 is 41.8 Å². The third-order valence-electron chi connectivity index (χ3n) is 6.89. The van der Waals surface area contributed by atoms with E-state index in [-0.39, 0.29) is 29.6 Å². The van der Waals surface area contributed by atoms with E-state index >= 15 is 0 Å². The summed E-state index contributed by atoms with van der Waals surface area (Å²) in [5, 5.41) is 3.29. The summed E-state index contributed by atoms with van der Waals surface area (Å²) in [4.78, 5) is 66.5. The zero-order chi connectivity index (χ0) is 30.9. The Labute approximate surface area is 253 Å². The van der Waals surface area contributed by atoms with Crippen LogP contribution in [0.4, 0.5) is 4.79 Å². The Morgan fingerprint density at radius 1 is 1.14 bits per heavy atom. The molecule has 3 heterocycles. The number of piperazine rings is 1. The molecule has 0 aliphatic carbocycles. The third-order valence-corrected chi connectivity index (χ3v) is 7.14. The lowest BCUT2D eigenvalue weighted by Gasteiger charge is -2.35. The number of imidazole rings is 1. The quantitative estimate of drug-likeness (QED) is 0.276. The average Bonchev–Trinajstić information content (AvgIpc) is 3.60. The van der Waals surface area contributed by atoms with E-state index in [0.717, 1.165) is 5.56 Å². The van der Waals surface area contributed by atoms with Crippen molar-refractivity contribution in [2.24, 2.45) is 10.7 Å². The smallest absolute Gasteiger partial charge is 0.326 e. The molecule has 4 N–H and O–H groups in total. The standard InChI is InChI=1S/C30H32ClN7O5/c1-30(2,3)43-22-14-18(21(39)15-23(32)40)6-9-20(22)28-36-25(17-4-7-19(31)8-5-17)26(27-34-10-11-35-27)38(28)29(42)37-13-12-33-24(41)16-37/h4-11,14,25-26H,12-13,15-16H2,1-3H3,(H2,32,40)(H,33,41)(H,34,35). The van der Waals surface area contributed by atoms with Gasteiger partial charge in [0.15, 0.2) is 5.78 Å². The number of amides is 4. The number of ether oxygens (including phenoxy) is 1. The average molecular weight is 606 g/mol. The van der Waals surface area contributed by atoms with E-state index in [0.29, 0.717) is 29.5 Å². The third kappa shape index (κ3) is 6.54. The number of nitrogens with two attached hydrogens (primary N) is 1. The minimum absolute atomic E-state index is 0.120. The van der Waals surface area contributed by atoms with Crippen molar-refractivity contribution in [1.82, 2.24) is 25.1 Å². The van der Waals surface area contributed by atoms with Crippen molar-refractivity contribution in [3.8, 4) is 5.75 Å². The van der Waals surface area contributed by atoms with Crippen LogP contribution in [0, 0.1) is 0 Å². The normalized spacial score (nSPS) is 18.7. The van der Waals surface area contributed by atoms with E-state index in [2.05, 4.69) is 15.3 Å². The lowest BCUT2D eigenvalue weighted by molar-refractivity contribution is -0.123. The molecule has 12 nitrogen and oxygen atoms in total. The van der Waals surface area contributed by atoms with Crippen LogP contribution >= 0.6 is 11.6 Å². The lowest BCUT2D eigenvalue weighted by Crippen LogP contribution is -2.55. The number of halogens is 1. The highest BCUT2D eigenvalue weighted by Crippen LogP contribution is 2.44. The molecule has 2 aliphatic heterocycles. The van der Waals surface area contributed by atoms with Crippen LogP contribution in [0.15, 0.2) is 59.9 Å². The Kier molecular flexibility index (Phi) is 8.23. The van der Waals surface area contributed by atoms with Gasteiger partial charge >= 0.3 is 6.03 Å². The molecule has 1 saturated heterocycles. The number of urea groups is 1. The van der Waals surface area contributed by atoms with Gasteiger partial charge in [-0.15, -0.1) is 0 Å². The van der Waals surface area contributed by atoms with E-state index in [4.69, 9.17) is 27.1 Å². The number of Topliss-reactive ketones (excluding diaryl/α,β-unsaturated/α-hetero) is 1. The number of hydrogen-bond donors (Lipinski definition) is 3. The molecule has 43 heavy (non-hydrogen) atoms. The molecule has 0 bridgehead atoms. The maximum atomic E-state index is 14.3. The molecule has 5 rings (SSSR count). The van der Waals surface area contributed by atoms with Crippen molar-refractivity contribution in [3.05, 3.63) is 82.4 Å². The number of aliphatic imine (C=N–C) groups is 1. The summed E-state index contributed by atoms with van der Waals surface area (Å²) in [6.07, 6.45) is 2.79. The van der Waals surface area contributed by atoms with Gasteiger partial charge in [0.25, 0.3) is 0 Å². The molecule has 0 radical (unpaired) electrons. The van der Waals surface area contributed by atoms with E-state index in [1.807, 2.05) is 32.9 Å². The van der Waals surface area contributed by atoms with Gasteiger partial charge in [-0.2, -0.15) is 0 Å². The molecule has 2 aliphatic rings. The molecule has 1 aromatic heterocycles. The number of primary amides is 1. The van der Waals surface area contributed by atoms with Gasteiger partial charge in [-0.25, -0.2) is 9.78 Å². The molecule has 2 atom stereocenters. The second-order valence-corrected chi connectivity index (χ2v) is 11.7. The highest BCUT2D eigenvalue weighted by molar-refractivity contribution is 6.30. The molecule has 4 amide bonds. The van der Waals surface area contributed by atoms with E-state index in [1.165, 1.54) is 15.9 Å².